The van der Waals surface area contributed by atoms with Crippen molar-refractivity contribution in [2.24, 2.45) is 0 Å². The highest BCUT2D eigenvalue weighted by molar-refractivity contribution is 6.31. The molecular formula is C22H12Cl2F3NO2. The van der Waals surface area contributed by atoms with E-state index in [2.05, 4.69) is 4.98 Å². The van der Waals surface area contributed by atoms with Crippen molar-refractivity contribution in [1.29, 1.82) is 0 Å². The lowest BCUT2D eigenvalue weighted by atomic mass is 10.1. The molecule has 4 aromatic rings. The molecular weight excluding hydrogens is 438 g/mol. The highest BCUT2D eigenvalue weighted by atomic mass is 35.5. The number of alkyl halides is 3. The van der Waals surface area contributed by atoms with Crippen molar-refractivity contribution in [1.82, 2.24) is 4.98 Å². The summed E-state index contributed by atoms with van der Waals surface area (Å²) >= 11 is 11.8. The van der Waals surface area contributed by atoms with Gasteiger partial charge in [-0.1, -0.05) is 35.3 Å². The molecule has 4 rings (SSSR count). The van der Waals surface area contributed by atoms with Crippen LogP contribution in [0.25, 0.3) is 22.8 Å². The van der Waals surface area contributed by atoms with Gasteiger partial charge in [0.05, 0.1) is 11.8 Å². The average molecular weight is 450 g/mol. The summed E-state index contributed by atoms with van der Waals surface area (Å²) in [7, 11) is 0. The molecule has 0 atom stereocenters. The zero-order valence-electron chi connectivity index (χ0n) is 15.1. The van der Waals surface area contributed by atoms with Gasteiger partial charge in [0.2, 0.25) is 5.89 Å². The minimum atomic E-state index is -4.64. The van der Waals surface area contributed by atoms with Crippen molar-refractivity contribution >= 4 is 23.2 Å². The molecule has 8 heteroatoms. The van der Waals surface area contributed by atoms with E-state index in [0.29, 0.717) is 27.1 Å². The van der Waals surface area contributed by atoms with E-state index in [1.807, 2.05) is 0 Å². The number of hydrogen-bond donors (Lipinski definition) is 0. The maximum absolute atomic E-state index is 13.7. The zero-order chi connectivity index (χ0) is 21.3. The summed E-state index contributed by atoms with van der Waals surface area (Å²) < 4.78 is 52.3. The van der Waals surface area contributed by atoms with Gasteiger partial charge in [-0.3, -0.25) is 0 Å². The van der Waals surface area contributed by atoms with Crippen LogP contribution in [0.1, 0.15) is 5.56 Å². The van der Waals surface area contributed by atoms with Gasteiger partial charge in [-0.2, -0.15) is 13.2 Å². The van der Waals surface area contributed by atoms with Crippen LogP contribution in [-0.4, -0.2) is 4.98 Å². The molecule has 152 valence electrons. The third-order valence-corrected chi connectivity index (χ3v) is 4.68. The van der Waals surface area contributed by atoms with Gasteiger partial charge >= 0.3 is 6.18 Å². The lowest BCUT2D eigenvalue weighted by Crippen LogP contribution is -2.07. The Morgan fingerprint density at radius 3 is 2.27 bits per heavy atom. The smallest absolute Gasteiger partial charge is 0.417 e. The number of aromatic nitrogens is 1. The highest BCUT2D eigenvalue weighted by Gasteiger charge is 2.35. The van der Waals surface area contributed by atoms with Gasteiger partial charge in [0.1, 0.15) is 11.5 Å². The Labute approximate surface area is 179 Å². The fourth-order valence-electron chi connectivity index (χ4n) is 2.82. The number of benzene rings is 3. The van der Waals surface area contributed by atoms with Crippen molar-refractivity contribution < 1.29 is 22.3 Å². The predicted molar refractivity (Wildman–Crippen MR) is 109 cm³/mol. The molecule has 0 N–H and O–H groups in total. The van der Waals surface area contributed by atoms with E-state index in [4.69, 9.17) is 32.4 Å². The normalized spacial score (nSPS) is 11.5. The summed E-state index contributed by atoms with van der Waals surface area (Å²) in [6.07, 6.45) is -3.28. The molecule has 0 aliphatic rings. The zero-order valence-corrected chi connectivity index (χ0v) is 16.6. The maximum atomic E-state index is 13.7. The minimum absolute atomic E-state index is 0.0232. The summed E-state index contributed by atoms with van der Waals surface area (Å²) in [5, 5.41) is 0.971. The number of hydrogen-bond acceptors (Lipinski definition) is 3. The molecule has 3 nitrogen and oxygen atoms in total. The SMILES string of the molecule is FC(F)(F)c1cc(Oc2ccc(Cl)cc2)ccc1-c1ncc(-c2cccc(Cl)c2)o1. The molecule has 0 bridgehead atoms. The average Bonchev–Trinajstić information content (AvgIpc) is 3.19. The second-order valence-electron chi connectivity index (χ2n) is 6.30. The van der Waals surface area contributed by atoms with Crippen molar-refractivity contribution in [3.8, 4) is 34.3 Å². The fourth-order valence-corrected chi connectivity index (χ4v) is 3.14. The number of ether oxygens (including phenoxy) is 1. The third kappa shape index (κ3) is 4.45. The van der Waals surface area contributed by atoms with Crippen molar-refractivity contribution in [2.75, 3.05) is 0 Å². The van der Waals surface area contributed by atoms with Crippen LogP contribution in [-0.2, 0) is 6.18 Å². The lowest BCUT2D eigenvalue weighted by molar-refractivity contribution is -0.137. The van der Waals surface area contributed by atoms with Crippen LogP contribution in [0.15, 0.2) is 77.3 Å². The molecule has 0 saturated heterocycles. The van der Waals surface area contributed by atoms with Crippen molar-refractivity contribution in [2.45, 2.75) is 6.18 Å². The first kappa shape index (κ1) is 20.3. The van der Waals surface area contributed by atoms with Crippen LogP contribution in [0.4, 0.5) is 13.2 Å². The first-order chi connectivity index (χ1) is 14.3. The molecule has 3 aromatic carbocycles. The minimum Gasteiger partial charge on any atom is -0.457 e. The van der Waals surface area contributed by atoms with Gasteiger partial charge in [-0.15, -0.1) is 0 Å². The molecule has 30 heavy (non-hydrogen) atoms. The fraction of sp³-hybridized carbons (Fsp3) is 0.0455. The second-order valence-corrected chi connectivity index (χ2v) is 7.17. The topological polar surface area (TPSA) is 35.3 Å². The third-order valence-electron chi connectivity index (χ3n) is 4.19. The van der Waals surface area contributed by atoms with Gasteiger partial charge in [0.25, 0.3) is 0 Å². The molecule has 0 aliphatic carbocycles. The summed E-state index contributed by atoms with van der Waals surface area (Å²) in [5.74, 6) is 0.534. The van der Waals surface area contributed by atoms with Crippen LogP contribution in [0, 0.1) is 0 Å². The lowest BCUT2D eigenvalue weighted by Gasteiger charge is -2.13. The van der Waals surface area contributed by atoms with Gasteiger partial charge < -0.3 is 9.15 Å². The van der Waals surface area contributed by atoms with E-state index in [9.17, 15) is 13.2 Å². The summed E-state index contributed by atoms with van der Waals surface area (Å²) in [5.41, 5.74) is -0.509. The molecule has 1 heterocycles. The summed E-state index contributed by atoms with van der Waals surface area (Å²) in [6, 6.07) is 16.7. The van der Waals surface area contributed by atoms with Gasteiger partial charge in [0, 0.05) is 21.2 Å². The van der Waals surface area contributed by atoms with Crippen LogP contribution in [0.2, 0.25) is 10.0 Å². The highest BCUT2D eigenvalue weighted by Crippen LogP contribution is 2.40. The summed E-state index contributed by atoms with van der Waals surface area (Å²) in [6.45, 7) is 0. The van der Waals surface area contributed by atoms with Gasteiger partial charge in [-0.05, 0) is 54.6 Å². The number of oxazole rings is 1. The molecule has 0 fully saturated rings. The molecule has 0 unspecified atom stereocenters. The van der Waals surface area contributed by atoms with Crippen LogP contribution in [0.3, 0.4) is 0 Å². The molecule has 0 radical (unpaired) electrons. The quantitative estimate of drug-likeness (QED) is 0.315. The number of nitrogens with zero attached hydrogens (tertiary/aromatic N) is 1. The van der Waals surface area contributed by atoms with E-state index < -0.39 is 11.7 Å². The van der Waals surface area contributed by atoms with Gasteiger partial charge in [-0.25, -0.2) is 4.98 Å². The molecule has 0 spiro atoms. The van der Waals surface area contributed by atoms with E-state index >= 15 is 0 Å². The molecule has 0 saturated carbocycles. The Bertz CT molecular complexity index is 1190. The Kier molecular flexibility index (Phi) is 5.45. The molecule has 0 aliphatic heterocycles. The van der Waals surface area contributed by atoms with Crippen LogP contribution < -0.4 is 4.74 Å². The molecule has 0 amide bonds. The van der Waals surface area contributed by atoms with E-state index in [1.54, 1.807) is 48.5 Å². The van der Waals surface area contributed by atoms with Crippen LogP contribution in [0.5, 0.6) is 11.5 Å². The van der Waals surface area contributed by atoms with Crippen molar-refractivity contribution in [3.05, 3.63) is 88.5 Å². The second kappa shape index (κ2) is 8.05. The number of rotatable bonds is 4. The monoisotopic (exact) mass is 449 g/mol. The molecule has 1 aromatic heterocycles. The first-order valence-electron chi connectivity index (χ1n) is 8.66. The Morgan fingerprint density at radius 2 is 1.57 bits per heavy atom. The van der Waals surface area contributed by atoms with Crippen molar-refractivity contribution in [3.63, 3.8) is 0 Å². The van der Waals surface area contributed by atoms with Gasteiger partial charge in [0.15, 0.2) is 5.76 Å². The number of halogens is 5. The summed E-state index contributed by atoms with van der Waals surface area (Å²) in [4.78, 5) is 4.02. The Hall–Kier alpha value is -2.96. The first-order valence-corrected chi connectivity index (χ1v) is 9.42. The Morgan fingerprint density at radius 1 is 0.833 bits per heavy atom. The standard InChI is InChI=1S/C22H12Cl2F3NO2/c23-14-4-6-16(7-5-14)29-17-8-9-18(19(11-17)22(25,26)27)21-28-12-20(30-21)13-2-1-3-15(24)10-13/h1-12H. The van der Waals surface area contributed by atoms with E-state index in [1.165, 1.54) is 18.3 Å². The largest absolute Gasteiger partial charge is 0.457 e. The Balaban J connectivity index is 1.70. The van der Waals surface area contributed by atoms with E-state index in [-0.39, 0.29) is 17.2 Å². The predicted octanol–water partition coefficient (Wildman–Crippen LogP) is 8.13. The van der Waals surface area contributed by atoms with E-state index in [0.717, 1.165) is 6.07 Å². The maximum Gasteiger partial charge on any atom is 0.417 e. The van der Waals surface area contributed by atoms with Crippen LogP contribution >= 0.6 is 23.2 Å².